The molecule has 0 aliphatic heterocycles. The number of nitrogens with zero attached hydrogens (tertiary/aromatic N) is 3. The molecule has 0 bridgehead atoms. The lowest BCUT2D eigenvalue weighted by atomic mass is 10.2. The molecular weight excluding hydrogens is 477 g/mol. The van der Waals surface area contributed by atoms with E-state index in [1.165, 1.54) is 5.56 Å². The smallest absolute Gasteiger partial charge is 0.228 e. The zero-order valence-corrected chi connectivity index (χ0v) is 17.9. The molecule has 2 N–H and O–H groups in total. The third-order valence-corrected chi connectivity index (χ3v) is 3.98. The third kappa shape index (κ3) is 6.51. The van der Waals surface area contributed by atoms with Crippen LogP contribution in [0.5, 0.6) is 0 Å². The quantitative estimate of drug-likeness (QED) is 0.307. The predicted octanol–water partition coefficient (Wildman–Crippen LogP) is 3.92. The second kappa shape index (κ2) is 10.9. The first kappa shape index (κ1) is 21.2. The molecular formula is C19H21ClIN5O. The number of aromatic nitrogens is 2. The van der Waals surface area contributed by atoms with Crippen molar-refractivity contribution in [2.45, 2.75) is 13.0 Å². The second-order valence-corrected chi connectivity index (χ2v) is 6.04. The van der Waals surface area contributed by atoms with Gasteiger partial charge in [-0.3, -0.25) is 4.99 Å². The number of halogens is 2. The Morgan fingerprint density at radius 3 is 2.52 bits per heavy atom. The number of benzene rings is 2. The molecule has 0 aliphatic carbocycles. The zero-order chi connectivity index (χ0) is 18.2. The molecule has 0 aliphatic rings. The zero-order valence-electron chi connectivity index (χ0n) is 14.9. The van der Waals surface area contributed by atoms with E-state index in [-0.39, 0.29) is 24.0 Å². The number of hydrogen-bond acceptors (Lipinski definition) is 4. The molecule has 0 saturated carbocycles. The first-order valence-corrected chi connectivity index (χ1v) is 8.69. The summed E-state index contributed by atoms with van der Waals surface area (Å²) in [6.45, 7) is 1.35. The Morgan fingerprint density at radius 2 is 1.81 bits per heavy atom. The first-order chi connectivity index (χ1) is 12.7. The fourth-order valence-electron chi connectivity index (χ4n) is 2.36. The molecule has 2 aromatic carbocycles. The van der Waals surface area contributed by atoms with Gasteiger partial charge < -0.3 is 15.2 Å². The maximum atomic E-state index is 5.89. The Balaban J connectivity index is 0.00000261. The van der Waals surface area contributed by atoms with Gasteiger partial charge in [-0.25, -0.2) is 0 Å². The van der Waals surface area contributed by atoms with E-state index < -0.39 is 0 Å². The van der Waals surface area contributed by atoms with Gasteiger partial charge in [-0.2, -0.15) is 4.98 Å². The van der Waals surface area contributed by atoms with Gasteiger partial charge in [0.05, 0.1) is 0 Å². The molecule has 1 aromatic heterocycles. The van der Waals surface area contributed by atoms with E-state index in [2.05, 4.69) is 37.9 Å². The number of guanidine groups is 1. The first-order valence-electron chi connectivity index (χ1n) is 8.31. The number of hydrogen-bond donors (Lipinski definition) is 2. The fourth-order valence-corrected chi connectivity index (χ4v) is 2.49. The Labute approximate surface area is 180 Å². The second-order valence-electron chi connectivity index (χ2n) is 5.61. The van der Waals surface area contributed by atoms with E-state index in [4.69, 9.17) is 16.1 Å². The molecule has 0 unspecified atom stereocenters. The van der Waals surface area contributed by atoms with Crippen LogP contribution < -0.4 is 10.6 Å². The molecule has 0 fully saturated rings. The number of aliphatic imine (C=N–C) groups is 1. The van der Waals surface area contributed by atoms with Gasteiger partial charge in [-0.15, -0.1) is 24.0 Å². The van der Waals surface area contributed by atoms with Gasteiger partial charge in [0.2, 0.25) is 11.7 Å². The van der Waals surface area contributed by atoms with E-state index in [1.54, 1.807) is 19.2 Å². The Bertz CT molecular complexity index is 852. The van der Waals surface area contributed by atoms with Crippen LogP contribution >= 0.6 is 35.6 Å². The van der Waals surface area contributed by atoms with Gasteiger partial charge in [0, 0.05) is 37.1 Å². The average molecular weight is 498 g/mol. The molecule has 3 rings (SSSR count). The van der Waals surface area contributed by atoms with E-state index in [9.17, 15) is 0 Å². The van der Waals surface area contributed by atoms with Gasteiger partial charge >= 0.3 is 0 Å². The van der Waals surface area contributed by atoms with Crippen LogP contribution in [0.3, 0.4) is 0 Å². The highest BCUT2D eigenvalue weighted by atomic mass is 127. The lowest BCUT2D eigenvalue weighted by Gasteiger charge is -2.11. The molecule has 0 radical (unpaired) electrons. The molecule has 3 aromatic rings. The van der Waals surface area contributed by atoms with E-state index in [0.29, 0.717) is 36.2 Å². The lowest BCUT2D eigenvalue weighted by Crippen LogP contribution is -2.37. The monoisotopic (exact) mass is 497 g/mol. The molecule has 27 heavy (non-hydrogen) atoms. The standard InChI is InChI=1S/C19H20ClN5O.HI/c1-21-19(23-13-14-5-3-2-4-6-14)22-12-11-17-24-18(25-26-17)15-7-9-16(20)10-8-15;/h2-10H,11-13H2,1H3,(H2,21,22,23);1H. The SMILES string of the molecule is CN=C(NCCc1nc(-c2ccc(Cl)cc2)no1)NCc1ccccc1.I. The van der Waals surface area contributed by atoms with Crippen LogP contribution in [0.15, 0.2) is 64.1 Å². The van der Waals surface area contributed by atoms with Crippen LogP contribution in [0.1, 0.15) is 11.5 Å². The Hall–Kier alpha value is -2.13. The van der Waals surface area contributed by atoms with Crippen LogP contribution in [0.25, 0.3) is 11.4 Å². The van der Waals surface area contributed by atoms with Gasteiger partial charge in [0.25, 0.3) is 0 Å². The molecule has 1 heterocycles. The molecule has 142 valence electrons. The molecule has 0 amide bonds. The highest BCUT2D eigenvalue weighted by Crippen LogP contribution is 2.18. The minimum atomic E-state index is 0. The summed E-state index contributed by atoms with van der Waals surface area (Å²) >= 11 is 5.89. The predicted molar refractivity (Wildman–Crippen MR) is 119 cm³/mol. The number of rotatable bonds is 6. The van der Waals surface area contributed by atoms with Crippen molar-refractivity contribution in [1.82, 2.24) is 20.8 Å². The van der Waals surface area contributed by atoms with E-state index in [0.717, 1.165) is 11.5 Å². The summed E-state index contributed by atoms with van der Waals surface area (Å²) in [6, 6.07) is 17.5. The largest absolute Gasteiger partial charge is 0.356 e. The molecule has 6 nitrogen and oxygen atoms in total. The van der Waals surface area contributed by atoms with Gasteiger partial charge in [-0.1, -0.05) is 47.1 Å². The van der Waals surface area contributed by atoms with Crippen molar-refractivity contribution in [2.24, 2.45) is 4.99 Å². The summed E-state index contributed by atoms with van der Waals surface area (Å²) in [5, 5.41) is 11.2. The maximum absolute atomic E-state index is 5.89. The van der Waals surface area contributed by atoms with Gasteiger partial charge in [0.1, 0.15) is 0 Å². The van der Waals surface area contributed by atoms with Crippen molar-refractivity contribution in [2.75, 3.05) is 13.6 Å². The average Bonchev–Trinajstić information content (AvgIpc) is 3.15. The molecule has 0 saturated heterocycles. The topological polar surface area (TPSA) is 75.3 Å². The molecule has 8 heteroatoms. The summed E-state index contributed by atoms with van der Waals surface area (Å²) < 4.78 is 5.30. The third-order valence-electron chi connectivity index (χ3n) is 3.73. The van der Waals surface area contributed by atoms with Crippen molar-refractivity contribution in [3.8, 4) is 11.4 Å². The van der Waals surface area contributed by atoms with Crippen LogP contribution in [0.2, 0.25) is 5.02 Å². The highest BCUT2D eigenvalue weighted by molar-refractivity contribution is 14.0. The van der Waals surface area contributed by atoms with Crippen molar-refractivity contribution in [1.29, 1.82) is 0 Å². The fraction of sp³-hybridized carbons (Fsp3) is 0.211. The lowest BCUT2D eigenvalue weighted by molar-refractivity contribution is 0.378. The Morgan fingerprint density at radius 1 is 1.07 bits per heavy atom. The van der Waals surface area contributed by atoms with Crippen molar-refractivity contribution in [3.05, 3.63) is 71.1 Å². The van der Waals surface area contributed by atoms with E-state index >= 15 is 0 Å². The number of nitrogens with one attached hydrogen (secondary N) is 2. The van der Waals surface area contributed by atoms with E-state index in [1.807, 2.05) is 30.3 Å². The van der Waals surface area contributed by atoms with Crippen molar-refractivity contribution < 1.29 is 4.52 Å². The maximum Gasteiger partial charge on any atom is 0.228 e. The van der Waals surface area contributed by atoms with Crippen LogP contribution in [0.4, 0.5) is 0 Å². The van der Waals surface area contributed by atoms with Crippen molar-refractivity contribution >= 4 is 41.5 Å². The summed E-state index contributed by atoms with van der Waals surface area (Å²) in [6.07, 6.45) is 0.604. The summed E-state index contributed by atoms with van der Waals surface area (Å²) in [4.78, 5) is 8.62. The van der Waals surface area contributed by atoms with Crippen LogP contribution in [0, 0.1) is 0 Å². The highest BCUT2D eigenvalue weighted by Gasteiger charge is 2.08. The van der Waals surface area contributed by atoms with Crippen LogP contribution in [-0.2, 0) is 13.0 Å². The minimum absolute atomic E-state index is 0. The van der Waals surface area contributed by atoms with Gasteiger partial charge in [0.15, 0.2) is 5.96 Å². The summed E-state index contributed by atoms with van der Waals surface area (Å²) in [5.74, 6) is 1.86. The Kier molecular flexibility index (Phi) is 8.53. The summed E-state index contributed by atoms with van der Waals surface area (Å²) in [5.41, 5.74) is 2.07. The van der Waals surface area contributed by atoms with Gasteiger partial charge in [-0.05, 0) is 29.8 Å². The summed E-state index contributed by atoms with van der Waals surface area (Å²) in [7, 11) is 1.74. The van der Waals surface area contributed by atoms with Crippen LogP contribution in [-0.4, -0.2) is 29.7 Å². The normalized spacial score (nSPS) is 11.0. The molecule has 0 spiro atoms. The minimum Gasteiger partial charge on any atom is -0.356 e. The van der Waals surface area contributed by atoms with Crippen molar-refractivity contribution in [3.63, 3.8) is 0 Å². The molecule has 0 atom stereocenters.